The SMILES string of the molecule is CCC(=O)C(CC(C)N(C)C)(c1ccccc1O)c1ccccc1O. The third-order valence-corrected chi connectivity index (χ3v) is 5.01. The summed E-state index contributed by atoms with van der Waals surface area (Å²) < 4.78 is 0. The molecular formula is C21H27NO3. The Labute approximate surface area is 149 Å². The summed E-state index contributed by atoms with van der Waals surface area (Å²) in [5, 5.41) is 21.1. The number of benzene rings is 2. The lowest BCUT2D eigenvalue weighted by molar-refractivity contribution is -0.123. The molecule has 0 aromatic heterocycles. The fraction of sp³-hybridized carbons (Fsp3) is 0.381. The number of Topliss-reactive ketones (excluding diaryl/α,β-unsaturated/α-hetero) is 1. The van der Waals surface area contributed by atoms with Crippen LogP contribution in [0.25, 0.3) is 0 Å². The number of para-hydroxylation sites is 2. The Bertz CT molecular complexity index is 694. The lowest BCUT2D eigenvalue weighted by Gasteiger charge is -2.38. The predicted octanol–water partition coefficient (Wildman–Crippen LogP) is 3.70. The van der Waals surface area contributed by atoms with Crippen molar-refractivity contribution in [3.05, 3.63) is 59.7 Å². The van der Waals surface area contributed by atoms with E-state index in [9.17, 15) is 15.0 Å². The third kappa shape index (κ3) is 3.54. The van der Waals surface area contributed by atoms with Gasteiger partial charge in [0.15, 0.2) is 0 Å². The maximum absolute atomic E-state index is 13.3. The van der Waals surface area contributed by atoms with Crippen LogP contribution in [0, 0.1) is 0 Å². The zero-order chi connectivity index (χ0) is 18.6. The van der Waals surface area contributed by atoms with Crippen LogP contribution in [0.3, 0.4) is 0 Å². The minimum atomic E-state index is -1.10. The molecule has 25 heavy (non-hydrogen) atoms. The van der Waals surface area contributed by atoms with Crippen molar-refractivity contribution in [3.63, 3.8) is 0 Å². The summed E-state index contributed by atoms with van der Waals surface area (Å²) in [6.07, 6.45) is 0.768. The average Bonchev–Trinajstić information content (AvgIpc) is 2.60. The summed E-state index contributed by atoms with van der Waals surface area (Å²) in [5.41, 5.74) is -0.0242. The largest absolute Gasteiger partial charge is 0.508 e. The second-order valence-electron chi connectivity index (χ2n) is 6.73. The van der Waals surface area contributed by atoms with Crippen molar-refractivity contribution in [2.75, 3.05) is 14.1 Å². The van der Waals surface area contributed by atoms with E-state index < -0.39 is 5.41 Å². The van der Waals surface area contributed by atoms with Crippen LogP contribution in [0.2, 0.25) is 0 Å². The van der Waals surface area contributed by atoms with E-state index in [1.807, 2.05) is 45.0 Å². The van der Waals surface area contributed by atoms with Gasteiger partial charge in [0.2, 0.25) is 0 Å². The zero-order valence-corrected chi connectivity index (χ0v) is 15.4. The summed E-state index contributed by atoms with van der Waals surface area (Å²) in [6.45, 7) is 3.86. The van der Waals surface area contributed by atoms with Gasteiger partial charge in [0.05, 0.1) is 5.41 Å². The predicted molar refractivity (Wildman–Crippen MR) is 100 cm³/mol. The molecule has 0 amide bonds. The van der Waals surface area contributed by atoms with E-state index in [0.717, 1.165) is 0 Å². The van der Waals surface area contributed by atoms with Crippen molar-refractivity contribution in [2.24, 2.45) is 0 Å². The molecule has 2 rings (SSSR count). The number of carbonyl (C=O) groups excluding carboxylic acids is 1. The Morgan fingerprint density at radius 2 is 1.44 bits per heavy atom. The number of hydrogen-bond acceptors (Lipinski definition) is 4. The molecule has 0 bridgehead atoms. The van der Waals surface area contributed by atoms with E-state index in [2.05, 4.69) is 0 Å². The van der Waals surface area contributed by atoms with E-state index in [1.165, 1.54) is 0 Å². The quantitative estimate of drug-likeness (QED) is 0.806. The Balaban J connectivity index is 2.82. The third-order valence-electron chi connectivity index (χ3n) is 5.01. The van der Waals surface area contributed by atoms with Crippen molar-refractivity contribution in [1.82, 2.24) is 4.90 Å². The van der Waals surface area contributed by atoms with Crippen molar-refractivity contribution in [3.8, 4) is 11.5 Å². The smallest absolute Gasteiger partial charge is 0.147 e. The molecule has 0 fully saturated rings. The Morgan fingerprint density at radius 3 is 1.80 bits per heavy atom. The number of carbonyl (C=O) groups is 1. The highest BCUT2D eigenvalue weighted by molar-refractivity contribution is 5.95. The van der Waals surface area contributed by atoms with Gasteiger partial charge >= 0.3 is 0 Å². The van der Waals surface area contributed by atoms with Gasteiger partial charge in [-0.25, -0.2) is 0 Å². The van der Waals surface area contributed by atoms with Gasteiger partial charge in [-0.3, -0.25) is 4.79 Å². The molecule has 0 aliphatic carbocycles. The van der Waals surface area contributed by atoms with Gasteiger partial charge < -0.3 is 15.1 Å². The van der Waals surface area contributed by atoms with Crippen molar-refractivity contribution in [1.29, 1.82) is 0 Å². The van der Waals surface area contributed by atoms with Gasteiger partial charge in [0, 0.05) is 23.6 Å². The number of phenols is 2. The lowest BCUT2D eigenvalue weighted by atomic mass is 9.66. The molecule has 1 unspecified atom stereocenters. The summed E-state index contributed by atoms with van der Waals surface area (Å²) in [4.78, 5) is 15.3. The van der Waals surface area contributed by atoms with Crippen molar-refractivity contribution in [2.45, 2.75) is 38.1 Å². The number of hydrogen-bond donors (Lipinski definition) is 2. The number of aromatic hydroxyl groups is 2. The Hall–Kier alpha value is -2.33. The molecule has 0 aliphatic heterocycles. The molecule has 0 saturated carbocycles. The molecule has 0 aliphatic rings. The average molecular weight is 341 g/mol. The molecular weight excluding hydrogens is 314 g/mol. The highest BCUT2D eigenvalue weighted by Gasteiger charge is 2.45. The molecule has 4 nitrogen and oxygen atoms in total. The van der Waals surface area contributed by atoms with Crippen molar-refractivity contribution >= 4 is 5.78 Å². The standard InChI is InChI=1S/C21H27NO3/c1-5-20(25)21(14-15(2)22(3)4,16-10-6-8-12-18(16)23)17-11-7-9-13-19(17)24/h6-13,15,23-24H,5,14H2,1-4H3. The zero-order valence-electron chi connectivity index (χ0n) is 15.4. The molecule has 2 N–H and O–H groups in total. The Morgan fingerprint density at radius 1 is 1.00 bits per heavy atom. The highest BCUT2D eigenvalue weighted by atomic mass is 16.3. The fourth-order valence-electron chi connectivity index (χ4n) is 3.38. The molecule has 2 aromatic carbocycles. The molecule has 0 spiro atoms. The summed E-state index contributed by atoms with van der Waals surface area (Å²) >= 11 is 0. The van der Waals surface area contributed by atoms with Gasteiger partial charge in [-0.1, -0.05) is 43.3 Å². The molecule has 4 heteroatoms. The first kappa shape index (κ1) is 19.0. The van der Waals surface area contributed by atoms with E-state index >= 15 is 0 Å². The molecule has 1 atom stereocenters. The maximum Gasteiger partial charge on any atom is 0.147 e. The van der Waals surface area contributed by atoms with Gasteiger partial charge in [0.1, 0.15) is 17.3 Å². The van der Waals surface area contributed by atoms with E-state index in [1.54, 1.807) is 36.4 Å². The minimum absolute atomic E-state index is 0.0239. The fourth-order valence-corrected chi connectivity index (χ4v) is 3.38. The summed E-state index contributed by atoms with van der Waals surface area (Å²) in [7, 11) is 3.92. The van der Waals surface area contributed by atoms with Crippen LogP contribution in [0.5, 0.6) is 11.5 Å². The first-order valence-electron chi connectivity index (χ1n) is 8.61. The van der Waals surface area contributed by atoms with E-state index in [4.69, 9.17) is 0 Å². The lowest BCUT2D eigenvalue weighted by Crippen LogP contribution is -2.43. The van der Waals surface area contributed by atoms with Gasteiger partial charge in [-0.15, -0.1) is 0 Å². The second-order valence-corrected chi connectivity index (χ2v) is 6.73. The van der Waals surface area contributed by atoms with Crippen LogP contribution in [-0.4, -0.2) is 41.0 Å². The number of nitrogens with zero attached hydrogens (tertiary/aromatic N) is 1. The van der Waals surface area contributed by atoms with Crippen LogP contribution < -0.4 is 0 Å². The number of ketones is 1. The minimum Gasteiger partial charge on any atom is -0.508 e. The normalized spacial score (nSPS) is 13.0. The summed E-state index contributed by atoms with van der Waals surface area (Å²) in [6, 6.07) is 13.9. The van der Waals surface area contributed by atoms with E-state index in [0.29, 0.717) is 24.0 Å². The van der Waals surface area contributed by atoms with Crippen LogP contribution >= 0.6 is 0 Å². The van der Waals surface area contributed by atoms with Crippen LogP contribution in [-0.2, 0) is 10.2 Å². The van der Waals surface area contributed by atoms with Gasteiger partial charge in [0.25, 0.3) is 0 Å². The topological polar surface area (TPSA) is 60.8 Å². The number of rotatable bonds is 7. The monoisotopic (exact) mass is 341 g/mol. The summed E-state index contributed by atoms with van der Waals surface area (Å²) in [5.74, 6) is 0.112. The second kappa shape index (κ2) is 7.70. The van der Waals surface area contributed by atoms with Crippen LogP contribution in [0.15, 0.2) is 48.5 Å². The number of phenolic OH excluding ortho intramolecular Hbond substituents is 2. The van der Waals surface area contributed by atoms with Crippen LogP contribution in [0.4, 0.5) is 0 Å². The first-order valence-corrected chi connectivity index (χ1v) is 8.61. The molecule has 0 heterocycles. The van der Waals surface area contributed by atoms with Crippen molar-refractivity contribution < 1.29 is 15.0 Å². The molecule has 134 valence electrons. The first-order chi connectivity index (χ1) is 11.8. The molecule has 2 aromatic rings. The molecule has 0 saturated heterocycles. The van der Waals surface area contributed by atoms with E-state index in [-0.39, 0.29) is 23.3 Å². The maximum atomic E-state index is 13.3. The van der Waals surface area contributed by atoms with Gasteiger partial charge in [-0.05, 0) is 39.6 Å². The Kier molecular flexibility index (Phi) is 5.85. The highest BCUT2D eigenvalue weighted by Crippen LogP contribution is 2.46. The van der Waals surface area contributed by atoms with Crippen LogP contribution in [0.1, 0.15) is 37.8 Å². The van der Waals surface area contributed by atoms with Gasteiger partial charge in [-0.2, -0.15) is 0 Å². The molecule has 0 radical (unpaired) electrons.